The van der Waals surface area contributed by atoms with E-state index in [1.165, 1.54) is 12.1 Å². The van der Waals surface area contributed by atoms with Crippen LogP contribution in [0.25, 0.3) is 0 Å². The van der Waals surface area contributed by atoms with Gasteiger partial charge in [-0.1, -0.05) is 13.0 Å². The van der Waals surface area contributed by atoms with Crippen LogP contribution in [-0.4, -0.2) is 39.4 Å². The van der Waals surface area contributed by atoms with Gasteiger partial charge < -0.3 is 11.1 Å². The summed E-state index contributed by atoms with van der Waals surface area (Å²) in [6.45, 7) is 2.22. The summed E-state index contributed by atoms with van der Waals surface area (Å²) in [6, 6.07) is 6.15. The fraction of sp³-hybridized carbons (Fsp3) is 0.462. The van der Waals surface area contributed by atoms with Crippen LogP contribution in [0.4, 0.5) is 5.69 Å². The Balaban J connectivity index is 2.84. The molecule has 0 spiro atoms. The molecule has 0 aliphatic carbocycles. The lowest BCUT2D eigenvalue weighted by Crippen LogP contribution is -2.29. The highest BCUT2D eigenvalue weighted by Crippen LogP contribution is 2.16. The summed E-state index contributed by atoms with van der Waals surface area (Å²) in [7, 11) is -3.60. The third-order valence-corrected chi connectivity index (χ3v) is 5.00. The molecule has 1 amide bonds. The molecule has 1 rings (SSSR count). The van der Waals surface area contributed by atoms with E-state index in [9.17, 15) is 13.2 Å². The second kappa shape index (κ2) is 8.38. The van der Waals surface area contributed by atoms with Crippen molar-refractivity contribution in [2.45, 2.75) is 11.8 Å². The molecule has 1 unspecified atom stereocenters. The van der Waals surface area contributed by atoms with E-state index in [4.69, 9.17) is 5.73 Å². The van der Waals surface area contributed by atoms with Gasteiger partial charge in [0.1, 0.15) is 0 Å². The Morgan fingerprint density at radius 1 is 1.43 bits per heavy atom. The zero-order chi connectivity index (χ0) is 15.9. The number of nitrogens with one attached hydrogen (secondary N) is 2. The molecule has 8 heteroatoms. The highest BCUT2D eigenvalue weighted by Gasteiger charge is 2.16. The standard InChI is InChI=1S/C13H21N3O3S2/c1-10(9-20-2)13(17)16-11-4-3-5-12(8-11)21(18,19)15-7-6-14/h3-5,8,10,15H,6-7,9,14H2,1-2H3,(H,16,17). The van der Waals surface area contributed by atoms with E-state index in [0.717, 1.165) is 0 Å². The molecule has 0 radical (unpaired) electrons. The quantitative estimate of drug-likeness (QED) is 0.656. The molecule has 21 heavy (non-hydrogen) atoms. The average molecular weight is 331 g/mol. The largest absolute Gasteiger partial charge is 0.329 e. The molecule has 0 aliphatic rings. The summed E-state index contributed by atoms with van der Waals surface area (Å²) in [4.78, 5) is 12.0. The van der Waals surface area contributed by atoms with Crippen molar-refractivity contribution in [3.63, 3.8) is 0 Å². The number of carbonyl (C=O) groups excluding carboxylic acids is 1. The van der Waals surface area contributed by atoms with Gasteiger partial charge in [-0.05, 0) is 24.5 Å². The summed E-state index contributed by atoms with van der Waals surface area (Å²) in [5.74, 6) is 0.437. The zero-order valence-electron chi connectivity index (χ0n) is 12.1. The van der Waals surface area contributed by atoms with Crippen LogP contribution in [0.3, 0.4) is 0 Å². The number of thioether (sulfide) groups is 1. The number of amides is 1. The first-order chi connectivity index (χ1) is 9.90. The van der Waals surface area contributed by atoms with Crippen LogP contribution in [0.2, 0.25) is 0 Å². The van der Waals surface area contributed by atoms with Gasteiger partial charge in [0.25, 0.3) is 0 Å². The molecule has 0 aromatic heterocycles. The predicted molar refractivity (Wildman–Crippen MR) is 86.9 cm³/mol. The van der Waals surface area contributed by atoms with Gasteiger partial charge in [-0.25, -0.2) is 13.1 Å². The smallest absolute Gasteiger partial charge is 0.240 e. The Hall–Kier alpha value is -1.09. The molecular weight excluding hydrogens is 310 g/mol. The first-order valence-electron chi connectivity index (χ1n) is 6.50. The van der Waals surface area contributed by atoms with Crippen LogP contribution >= 0.6 is 11.8 Å². The molecule has 4 N–H and O–H groups in total. The minimum atomic E-state index is -3.60. The van der Waals surface area contributed by atoms with Gasteiger partial charge in [-0.2, -0.15) is 11.8 Å². The van der Waals surface area contributed by atoms with Crippen molar-refractivity contribution in [2.24, 2.45) is 11.7 Å². The Labute approximate surface area is 129 Å². The molecule has 0 aliphatic heterocycles. The first kappa shape index (κ1) is 18.0. The maximum atomic E-state index is 12.0. The first-order valence-corrected chi connectivity index (χ1v) is 9.38. The van der Waals surface area contributed by atoms with E-state index < -0.39 is 10.0 Å². The molecule has 0 bridgehead atoms. The average Bonchev–Trinajstić information content (AvgIpc) is 2.45. The van der Waals surface area contributed by atoms with Gasteiger partial charge in [0.15, 0.2) is 0 Å². The third kappa shape index (κ3) is 5.66. The molecule has 0 saturated heterocycles. The molecule has 1 aromatic carbocycles. The van der Waals surface area contributed by atoms with Crippen molar-refractivity contribution in [3.05, 3.63) is 24.3 Å². The van der Waals surface area contributed by atoms with Crippen LogP contribution < -0.4 is 15.8 Å². The number of hydrogen-bond acceptors (Lipinski definition) is 5. The van der Waals surface area contributed by atoms with E-state index >= 15 is 0 Å². The topological polar surface area (TPSA) is 101 Å². The molecular formula is C13H21N3O3S2. The van der Waals surface area contributed by atoms with Crippen molar-refractivity contribution in [2.75, 3.05) is 30.4 Å². The highest BCUT2D eigenvalue weighted by atomic mass is 32.2. The third-order valence-electron chi connectivity index (χ3n) is 2.71. The van der Waals surface area contributed by atoms with Crippen LogP contribution in [0, 0.1) is 5.92 Å². The van der Waals surface area contributed by atoms with Gasteiger partial charge in [0, 0.05) is 30.4 Å². The van der Waals surface area contributed by atoms with Gasteiger partial charge in [-0.3, -0.25) is 4.79 Å². The Morgan fingerprint density at radius 3 is 2.76 bits per heavy atom. The fourth-order valence-corrected chi connectivity index (χ4v) is 3.35. The Morgan fingerprint density at radius 2 is 2.14 bits per heavy atom. The SMILES string of the molecule is CSCC(C)C(=O)Nc1cccc(S(=O)(=O)NCCN)c1. The number of nitrogens with two attached hydrogens (primary N) is 1. The lowest BCUT2D eigenvalue weighted by atomic mass is 10.2. The number of benzene rings is 1. The van der Waals surface area contributed by atoms with E-state index in [0.29, 0.717) is 11.4 Å². The molecule has 0 saturated carbocycles. The normalized spacial score (nSPS) is 12.9. The van der Waals surface area contributed by atoms with Gasteiger partial charge in [0.05, 0.1) is 4.90 Å². The van der Waals surface area contributed by atoms with Crippen LogP contribution in [0.1, 0.15) is 6.92 Å². The molecule has 0 heterocycles. The van der Waals surface area contributed by atoms with Gasteiger partial charge in [0.2, 0.25) is 15.9 Å². The Bertz CT molecular complexity index is 576. The maximum Gasteiger partial charge on any atom is 0.240 e. The number of hydrogen-bond donors (Lipinski definition) is 3. The molecule has 118 valence electrons. The Kier molecular flexibility index (Phi) is 7.16. The zero-order valence-corrected chi connectivity index (χ0v) is 13.8. The van der Waals surface area contributed by atoms with Gasteiger partial charge >= 0.3 is 0 Å². The fourth-order valence-electron chi connectivity index (χ4n) is 1.61. The van der Waals surface area contributed by atoms with E-state index in [1.54, 1.807) is 23.9 Å². The van der Waals surface area contributed by atoms with Crippen molar-refractivity contribution in [1.82, 2.24) is 4.72 Å². The summed E-state index contributed by atoms with van der Waals surface area (Å²) in [5, 5.41) is 2.73. The summed E-state index contributed by atoms with van der Waals surface area (Å²) >= 11 is 1.59. The molecule has 1 aromatic rings. The van der Waals surface area contributed by atoms with Crippen molar-refractivity contribution < 1.29 is 13.2 Å². The monoisotopic (exact) mass is 331 g/mol. The van der Waals surface area contributed by atoms with Crippen molar-refractivity contribution >= 4 is 33.4 Å². The van der Waals surface area contributed by atoms with E-state index in [2.05, 4.69) is 10.0 Å². The van der Waals surface area contributed by atoms with E-state index in [-0.39, 0.29) is 29.8 Å². The lowest BCUT2D eigenvalue weighted by Gasteiger charge is -2.12. The minimum Gasteiger partial charge on any atom is -0.329 e. The van der Waals surface area contributed by atoms with Crippen LogP contribution in [0.5, 0.6) is 0 Å². The number of rotatable bonds is 8. The van der Waals surface area contributed by atoms with Crippen molar-refractivity contribution in [1.29, 1.82) is 0 Å². The second-order valence-electron chi connectivity index (χ2n) is 4.56. The van der Waals surface area contributed by atoms with Crippen molar-refractivity contribution in [3.8, 4) is 0 Å². The second-order valence-corrected chi connectivity index (χ2v) is 7.24. The molecule has 0 fully saturated rings. The number of carbonyl (C=O) groups is 1. The van der Waals surface area contributed by atoms with Crippen LogP contribution in [-0.2, 0) is 14.8 Å². The summed E-state index contributed by atoms with van der Waals surface area (Å²) in [5.41, 5.74) is 5.75. The van der Waals surface area contributed by atoms with E-state index in [1.807, 2.05) is 13.2 Å². The number of sulfonamides is 1. The highest BCUT2D eigenvalue weighted by molar-refractivity contribution is 7.98. The lowest BCUT2D eigenvalue weighted by molar-refractivity contribution is -0.118. The van der Waals surface area contributed by atoms with Gasteiger partial charge in [-0.15, -0.1) is 0 Å². The number of anilines is 1. The summed E-state index contributed by atoms with van der Waals surface area (Å²) < 4.78 is 26.3. The minimum absolute atomic E-state index is 0.103. The predicted octanol–water partition coefficient (Wildman–Crippen LogP) is 0.861. The summed E-state index contributed by atoms with van der Waals surface area (Å²) in [6.07, 6.45) is 1.93. The molecule has 6 nitrogen and oxygen atoms in total. The van der Waals surface area contributed by atoms with Crippen LogP contribution in [0.15, 0.2) is 29.2 Å². The maximum absolute atomic E-state index is 12.0. The molecule has 1 atom stereocenters.